The number of benzene rings is 7. The molecule has 2 aliphatic rings. The number of hydrogen-bond donors (Lipinski definition) is 0. The first-order valence-electron chi connectivity index (χ1n) is 18.4. The molecule has 7 aromatic carbocycles. The fourth-order valence-corrected chi connectivity index (χ4v) is 8.66. The molecule has 2 nitrogen and oxygen atoms in total. The Balaban J connectivity index is 1.09. The van der Waals surface area contributed by atoms with Crippen LogP contribution in [0.2, 0.25) is 0 Å². The summed E-state index contributed by atoms with van der Waals surface area (Å²) in [5, 5.41) is 2.50. The first-order valence-corrected chi connectivity index (χ1v) is 18.4. The van der Waals surface area contributed by atoms with Gasteiger partial charge in [0, 0.05) is 39.2 Å². The first kappa shape index (κ1) is 31.1. The van der Waals surface area contributed by atoms with Crippen LogP contribution >= 0.6 is 0 Å². The van der Waals surface area contributed by atoms with Crippen LogP contribution in [-0.4, -0.2) is 4.57 Å². The zero-order chi connectivity index (χ0) is 35.7. The van der Waals surface area contributed by atoms with Gasteiger partial charge in [-0.1, -0.05) is 142 Å². The summed E-state index contributed by atoms with van der Waals surface area (Å²) < 4.78 is 2.48. The summed E-state index contributed by atoms with van der Waals surface area (Å²) in [4.78, 5) is 2.26. The highest BCUT2D eigenvalue weighted by atomic mass is 15.1. The molecule has 0 spiro atoms. The van der Waals surface area contributed by atoms with Gasteiger partial charge in [-0.2, -0.15) is 0 Å². The van der Waals surface area contributed by atoms with Gasteiger partial charge in [-0.25, -0.2) is 0 Å². The fourth-order valence-electron chi connectivity index (χ4n) is 8.66. The summed E-state index contributed by atoms with van der Waals surface area (Å²) in [6, 6.07) is 57.7. The van der Waals surface area contributed by atoms with Crippen LogP contribution in [0, 0.1) is 0 Å². The molecule has 0 saturated carbocycles. The minimum absolute atomic E-state index is 0.0611. The van der Waals surface area contributed by atoms with Gasteiger partial charge in [0.1, 0.15) is 0 Å². The predicted molar refractivity (Wildman–Crippen MR) is 225 cm³/mol. The highest BCUT2D eigenvalue weighted by molar-refractivity contribution is 6.11. The largest absolute Gasteiger partial charge is 0.317 e. The maximum Gasteiger partial charge on any atom is 0.0543 e. The Morgan fingerprint density at radius 3 is 2.04 bits per heavy atom. The second-order valence-corrected chi connectivity index (χ2v) is 14.7. The van der Waals surface area contributed by atoms with Crippen LogP contribution < -0.4 is 4.90 Å². The van der Waals surface area contributed by atoms with E-state index in [2.05, 4.69) is 212 Å². The summed E-state index contributed by atoms with van der Waals surface area (Å²) in [6.45, 7) is 9.21. The summed E-state index contributed by atoms with van der Waals surface area (Å²) in [5.74, 6) is 0. The van der Waals surface area contributed by atoms with Crippen LogP contribution in [0.1, 0.15) is 30.5 Å². The molecule has 0 unspecified atom stereocenters. The molecule has 1 aliphatic heterocycles. The van der Waals surface area contributed by atoms with Crippen molar-refractivity contribution in [3.63, 3.8) is 0 Å². The molecule has 0 saturated heterocycles. The van der Waals surface area contributed by atoms with Crippen LogP contribution in [0.4, 0.5) is 11.4 Å². The molecule has 0 N–H and O–H groups in total. The third-order valence-corrected chi connectivity index (χ3v) is 11.3. The first-order chi connectivity index (χ1) is 26.0. The molecule has 1 aromatic heterocycles. The highest BCUT2D eigenvalue weighted by Crippen LogP contribution is 2.52. The van der Waals surface area contributed by atoms with E-state index in [9.17, 15) is 0 Å². The lowest BCUT2D eigenvalue weighted by atomic mass is 9.82. The van der Waals surface area contributed by atoms with E-state index >= 15 is 0 Å². The average molecular weight is 679 g/mol. The summed E-state index contributed by atoms with van der Waals surface area (Å²) in [5.41, 5.74) is 18.1. The van der Waals surface area contributed by atoms with Crippen molar-refractivity contribution in [1.82, 2.24) is 4.57 Å². The van der Waals surface area contributed by atoms with E-state index in [1.807, 2.05) is 0 Å². The van der Waals surface area contributed by atoms with Gasteiger partial charge in [-0.15, -0.1) is 0 Å². The SMILES string of the molecule is C=C1/C=C\C=C/N(c2ccc(-c3ccccc3)cc2)c2ccc(-c3ccc4c(c3)c3ccccc3n4-c3cccc4c3-c3ccccc3C4(C)C)cc21. The molecular weight excluding hydrogens is 641 g/mol. The van der Waals surface area contributed by atoms with Gasteiger partial charge in [-0.05, 0) is 99.1 Å². The quantitative estimate of drug-likeness (QED) is 0.180. The maximum atomic E-state index is 4.51. The number of fused-ring (bicyclic) bond motifs is 7. The van der Waals surface area contributed by atoms with E-state index in [4.69, 9.17) is 0 Å². The minimum Gasteiger partial charge on any atom is -0.317 e. The second kappa shape index (κ2) is 12.0. The Morgan fingerprint density at radius 1 is 0.491 bits per heavy atom. The molecule has 0 fully saturated rings. The van der Waals surface area contributed by atoms with Gasteiger partial charge in [0.05, 0.1) is 22.4 Å². The number of hydrogen-bond acceptors (Lipinski definition) is 1. The third kappa shape index (κ3) is 4.87. The molecule has 252 valence electrons. The van der Waals surface area contributed by atoms with Crippen LogP contribution in [0.15, 0.2) is 189 Å². The zero-order valence-corrected chi connectivity index (χ0v) is 29.9. The average Bonchev–Trinajstić information content (AvgIpc) is 3.65. The normalized spacial score (nSPS) is 15.4. The molecule has 1 aliphatic carbocycles. The van der Waals surface area contributed by atoms with Crippen molar-refractivity contribution in [3.8, 4) is 39.1 Å². The lowest BCUT2D eigenvalue weighted by Gasteiger charge is -2.26. The summed E-state index contributed by atoms with van der Waals surface area (Å²) in [7, 11) is 0. The number of para-hydroxylation sites is 1. The molecule has 0 amide bonds. The van der Waals surface area contributed by atoms with Crippen molar-refractivity contribution in [2.75, 3.05) is 4.90 Å². The molecule has 0 atom stereocenters. The smallest absolute Gasteiger partial charge is 0.0543 e. The molecule has 8 aromatic rings. The van der Waals surface area contributed by atoms with Crippen molar-refractivity contribution < 1.29 is 0 Å². The lowest BCUT2D eigenvalue weighted by molar-refractivity contribution is 0.660. The van der Waals surface area contributed by atoms with Crippen molar-refractivity contribution in [2.24, 2.45) is 0 Å². The molecule has 2 heterocycles. The Hall–Kier alpha value is -6.64. The topological polar surface area (TPSA) is 8.17 Å². The Labute approximate surface area is 310 Å². The number of aromatic nitrogens is 1. The molecule has 2 heteroatoms. The number of nitrogens with zero attached hydrogens (tertiary/aromatic N) is 2. The molecule has 53 heavy (non-hydrogen) atoms. The molecular formula is C51H38N2. The third-order valence-electron chi connectivity index (χ3n) is 11.3. The predicted octanol–water partition coefficient (Wildman–Crippen LogP) is 13.7. The van der Waals surface area contributed by atoms with Gasteiger partial charge in [0.25, 0.3) is 0 Å². The van der Waals surface area contributed by atoms with Gasteiger partial charge in [0.2, 0.25) is 0 Å². The monoisotopic (exact) mass is 678 g/mol. The van der Waals surface area contributed by atoms with E-state index < -0.39 is 0 Å². The van der Waals surface area contributed by atoms with Gasteiger partial charge >= 0.3 is 0 Å². The Morgan fingerprint density at radius 2 is 1.17 bits per heavy atom. The van der Waals surface area contributed by atoms with Gasteiger partial charge in [0.15, 0.2) is 0 Å². The minimum atomic E-state index is -0.0611. The van der Waals surface area contributed by atoms with Gasteiger partial charge in [-0.3, -0.25) is 0 Å². The Bertz CT molecular complexity index is 2810. The van der Waals surface area contributed by atoms with E-state index in [-0.39, 0.29) is 5.41 Å². The van der Waals surface area contributed by atoms with Crippen molar-refractivity contribution in [2.45, 2.75) is 19.3 Å². The van der Waals surface area contributed by atoms with Crippen molar-refractivity contribution >= 4 is 38.8 Å². The lowest BCUT2D eigenvalue weighted by Crippen LogP contribution is -2.14. The number of anilines is 2. The van der Waals surface area contributed by atoms with E-state index in [0.29, 0.717) is 0 Å². The number of rotatable bonds is 4. The van der Waals surface area contributed by atoms with E-state index in [1.165, 1.54) is 66.4 Å². The molecule has 0 bridgehead atoms. The van der Waals surface area contributed by atoms with Crippen LogP contribution in [0.5, 0.6) is 0 Å². The molecule has 10 rings (SSSR count). The second-order valence-electron chi connectivity index (χ2n) is 14.7. The van der Waals surface area contributed by atoms with Gasteiger partial charge < -0.3 is 9.47 Å². The van der Waals surface area contributed by atoms with E-state index in [0.717, 1.165) is 28.1 Å². The van der Waals surface area contributed by atoms with Crippen molar-refractivity contribution in [1.29, 1.82) is 0 Å². The zero-order valence-electron chi connectivity index (χ0n) is 29.9. The standard InChI is InChI=1S/C51H38N2/c1-34-14-11-12-31-52(39-27-23-36(24-28-39)35-15-5-4-6-16-35)46-29-25-37(32-42(34)46)38-26-30-48-43(33-38)40-17-8-10-21-47(40)53(48)49-22-13-20-45-50(49)41-18-7-9-19-44(41)51(45,2)3/h4-33H,1H2,2-3H3/b14-11-,31-12-. The van der Waals surface area contributed by atoms with Crippen LogP contribution in [0.3, 0.4) is 0 Å². The molecule has 0 radical (unpaired) electrons. The van der Waals surface area contributed by atoms with Crippen LogP contribution in [0.25, 0.3) is 66.4 Å². The van der Waals surface area contributed by atoms with Crippen LogP contribution in [-0.2, 0) is 5.41 Å². The Kier molecular flexibility index (Phi) is 7.03. The highest BCUT2D eigenvalue weighted by Gasteiger charge is 2.37. The number of allylic oxidation sites excluding steroid dienone is 4. The van der Waals surface area contributed by atoms with Crippen molar-refractivity contribution in [3.05, 3.63) is 205 Å². The maximum absolute atomic E-state index is 4.51. The summed E-state index contributed by atoms with van der Waals surface area (Å²) >= 11 is 0. The summed E-state index contributed by atoms with van der Waals surface area (Å²) in [6.07, 6.45) is 8.39. The fraction of sp³-hybridized carbons (Fsp3) is 0.0588. The van der Waals surface area contributed by atoms with E-state index in [1.54, 1.807) is 0 Å².